The predicted octanol–water partition coefficient (Wildman–Crippen LogP) is 3.10. The molecule has 0 amide bonds. The van der Waals surface area contributed by atoms with E-state index in [1.165, 1.54) is 18.2 Å². The molecule has 2 saturated carbocycles. The topological polar surface area (TPSA) is 105 Å². The van der Waals surface area contributed by atoms with Crippen molar-refractivity contribution in [2.45, 2.75) is 76.8 Å². The number of carbonyl (C=O) groups is 4. The summed E-state index contributed by atoms with van der Waals surface area (Å²) in [7, 11) is 0. The molecule has 2 heterocycles. The SMILES string of the molecule is CC1CCCCC12OC(=O)C(=CC=CC1C(=O)OC3(CCCCC3C)OC1=O)C(=O)O2. The number of carbonyl (C=O) groups excluding carboxylic acids is 4. The molecule has 0 bridgehead atoms. The Morgan fingerprint density at radius 2 is 1.23 bits per heavy atom. The molecule has 8 nitrogen and oxygen atoms in total. The number of allylic oxidation sites excluding steroid dienone is 2. The van der Waals surface area contributed by atoms with Crippen molar-refractivity contribution < 1.29 is 38.1 Å². The van der Waals surface area contributed by atoms with Gasteiger partial charge in [-0.2, -0.15) is 0 Å². The highest BCUT2D eigenvalue weighted by Gasteiger charge is 2.53. The van der Waals surface area contributed by atoms with Crippen LogP contribution in [-0.2, 0) is 38.1 Å². The van der Waals surface area contributed by atoms with Crippen LogP contribution in [0.2, 0.25) is 0 Å². The summed E-state index contributed by atoms with van der Waals surface area (Å²) in [6.45, 7) is 3.80. The lowest BCUT2D eigenvalue weighted by molar-refractivity contribution is -0.274. The van der Waals surface area contributed by atoms with E-state index >= 15 is 0 Å². The van der Waals surface area contributed by atoms with Gasteiger partial charge in [-0.25, -0.2) is 9.59 Å². The van der Waals surface area contributed by atoms with E-state index in [9.17, 15) is 19.2 Å². The molecule has 31 heavy (non-hydrogen) atoms. The summed E-state index contributed by atoms with van der Waals surface area (Å²) >= 11 is 0. The smallest absolute Gasteiger partial charge is 0.348 e. The lowest BCUT2D eigenvalue weighted by atomic mass is 9.83. The molecule has 0 aromatic heterocycles. The van der Waals surface area contributed by atoms with Crippen LogP contribution in [0.4, 0.5) is 0 Å². The van der Waals surface area contributed by atoms with Gasteiger partial charge in [-0.3, -0.25) is 9.59 Å². The summed E-state index contributed by atoms with van der Waals surface area (Å²) in [4.78, 5) is 49.9. The Morgan fingerprint density at radius 1 is 0.742 bits per heavy atom. The molecule has 0 radical (unpaired) electrons. The van der Waals surface area contributed by atoms with E-state index in [0.29, 0.717) is 12.8 Å². The molecule has 0 aromatic rings. The number of esters is 4. The predicted molar refractivity (Wildman–Crippen MR) is 106 cm³/mol. The van der Waals surface area contributed by atoms with Gasteiger partial charge < -0.3 is 18.9 Å². The second-order valence-corrected chi connectivity index (χ2v) is 8.98. The van der Waals surface area contributed by atoms with E-state index < -0.39 is 41.4 Å². The third-order valence-electron chi connectivity index (χ3n) is 6.92. The number of rotatable bonds is 2. The molecule has 2 aliphatic heterocycles. The van der Waals surface area contributed by atoms with Crippen LogP contribution < -0.4 is 0 Å². The standard InChI is InChI=1S/C23H28O8/c1-14-8-3-5-12-22(14)28-18(24)16(19(25)29-22)10-7-11-17-20(26)30-23(31-21(17)27)13-6-4-9-15(23)2/h7,10-11,14-16H,3-6,8-9,12-13H2,1-2H3. The third-order valence-corrected chi connectivity index (χ3v) is 6.92. The first-order valence-corrected chi connectivity index (χ1v) is 11.1. The maximum atomic E-state index is 12.5. The van der Waals surface area contributed by atoms with E-state index in [4.69, 9.17) is 18.9 Å². The number of hydrogen-bond donors (Lipinski definition) is 0. The molecule has 4 rings (SSSR count). The summed E-state index contributed by atoms with van der Waals surface area (Å²) in [6.07, 6.45) is 9.97. The molecular formula is C23H28O8. The molecule has 0 aromatic carbocycles. The Morgan fingerprint density at radius 3 is 1.71 bits per heavy atom. The van der Waals surface area contributed by atoms with E-state index in [0.717, 1.165) is 38.5 Å². The third kappa shape index (κ3) is 3.88. The van der Waals surface area contributed by atoms with Gasteiger partial charge in [-0.1, -0.05) is 38.8 Å². The molecule has 2 spiro atoms. The molecule has 2 atom stereocenters. The van der Waals surface area contributed by atoms with Crippen molar-refractivity contribution in [1.82, 2.24) is 0 Å². The van der Waals surface area contributed by atoms with Crippen LogP contribution in [0.5, 0.6) is 0 Å². The minimum atomic E-state index is -1.25. The second-order valence-electron chi connectivity index (χ2n) is 8.98. The summed E-state index contributed by atoms with van der Waals surface area (Å²) in [5.41, 5.74) is -0.283. The lowest BCUT2D eigenvalue weighted by Gasteiger charge is -2.44. The van der Waals surface area contributed by atoms with Crippen molar-refractivity contribution in [2.24, 2.45) is 17.8 Å². The minimum Gasteiger partial charge on any atom is -0.421 e. The van der Waals surface area contributed by atoms with Gasteiger partial charge in [-0.15, -0.1) is 0 Å². The van der Waals surface area contributed by atoms with Gasteiger partial charge in [0.05, 0.1) is 0 Å². The first kappa shape index (κ1) is 21.6. The zero-order valence-corrected chi connectivity index (χ0v) is 17.9. The van der Waals surface area contributed by atoms with E-state index in [1.54, 1.807) is 0 Å². The molecule has 2 unspecified atom stereocenters. The van der Waals surface area contributed by atoms with Gasteiger partial charge in [0, 0.05) is 24.7 Å². The van der Waals surface area contributed by atoms with Crippen LogP contribution >= 0.6 is 0 Å². The maximum Gasteiger partial charge on any atom is 0.348 e. The van der Waals surface area contributed by atoms with E-state index in [1.807, 2.05) is 13.8 Å². The summed E-state index contributed by atoms with van der Waals surface area (Å²) in [5.74, 6) is -6.69. The fourth-order valence-electron chi connectivity index (χ4n) is 4.85. The second kappa shape index (κ2) is 8.13. The Bertz CT molecular complexity index is 816. The molecule has 168 valence electrons. The quantitative estimate of drug-likeness (QED) is 0.284. The van der Waals surface area contributed by atoms with Gasteiger partial charge in [0.1, 0.15) is 5.57 Å². The van der Waals surface area contributed by atoms with Crippen LogP contribution in [-0.4, -0.2) is 35.5 Å². The fraction of sp³-hybridized carbons (Fsp3) is 0.652. The number of hydrogen-bond acceptors (Lipinski definition) is 8. The summed E-state index contributed by atoms with van der Waals surface area (Å²) < 4.78 is 22.1. The molecule has 2 saturated heterocycles. The molecule has 0 N–H and O–H groups in total. The Kier molecular flexibility index (Phi) is 5.66. The van der Waals surface area contributed by atoms with Crippen LogP contribution in [0.15, 0.2) is 23.8 Å². The highest BCUT2D eigenvalue weighted by Crippen LogP contribution is 2.42. The van der Waals surface area contributed by atoms with Crippen LogP contribution in [0.1, 0.15) is 65.2 Å². The zero-order valence-electron chi connectivity index (χ0n) is 17.9. The van der Waals surface area contributed by atoms with Crippen molar-refractivity contribution in [3.05, 3.63) is 23.8 Å². The maximum absolute atomic E-state index is 12.5. The Hall–Kier alpha value is -2.64. The van der Waals surface area contributed by atoms with Gasteiger partial charge in [0.15, 0.2) is 5.92 Å². The Labute approximate surface area is 180 Å². The van der Waals surface area contributed by atoms with Crippen molar-refractivity contribution in [3.8, 4) is 0 Å². The van der Waals surface area contributed by atoms with Crippen molar-refractivity contribution in [1.29, 1.82) is 0 Å². The van der Waals surface area contributed by atoms with Crippen molar-refractivity contribution in [2.75, 3.05) is 0 Å². The van der Waals surface area contributed by atoms with E-state index in [2.05, 4.69) is 0 Å². The molecular weight excluding hydrogens is 404 g/mol. The fourth-order valence-corrected chi connectivity index (χ4v) is 4.85. The van der Waals surface area contributed by atoms with Crippen LogP contribution in [0.25, 0.3) is 0 Å². The molecule has 2 aliphatic carbocycles. The first-order valence-electron chi connectivity index (χ1n) is 11.1. The minimum absolute atomic E-state index is 0.0672. The lowest BCUT2D eigenvalue weighted by Crippen LogP contribution is -2.54. The molecule has 4 aliphatic rings. The molecule has 8 heteroatoms. The van der Waals surface area contributed by atoms with Crippen LogP contribution in [0.3, 0.4) is 0 Å². The van der Waals surface area contributed by atoms with Crippen LogP contribution in [0, 0.1) is 17.8 Å². The average Bonchev–Trinajstić information content (AvgIpc) is 2.71. The van der Waals surface area contributed by atoms with Gasteiger partial charge in [0.25, 0.3) is 11.6 Å². The monoisotopic (exact) mass is 432 g/mol. The van der Waals surface area contributed by atoms with Gasteiger partial charge >= 0.3 is 23.9 Å². The normalized spacial score (nSPS) is 38.6. The largest absolute Gasteiger partial charge is 0.421 e. The Balaban J connectivity index is 1.44. The first-order chi connectivity index (χ1) is 14.8. The highest BCUT2D eigenvalue weighted by molar-refractivity contribution is 6.15. The molecule has 4 fully saturated rings. The summed E-state index contributed by atoms with van der Waals surface area (Å²) in [6, 6.07) is 0. The average molecular weight is 432 g/mol. The zero-order chi connectivity index (χ0) is 22.2. The summed E-state index contributed by atoms with van der Waals surface area (Å²) in [5, 5.41) is 0. The van der Waals surface area contributed by atoms with Crippen molar-refractivity contribution in [3.63, 3.8) is 0 Å². The number of ether oxygens (including phenoxy) is 4. The van der Waals surface area contributed by atoms with E-state index in [-0.39, 0.29) is 17.4 Å². The van der Waals surface area contributed by atoms with Gasteiger partial charge in [-0.05, 0) is 31.8 Å². The van der Waals surface area contributed by atoms with Crippen molar-refractivity contribution >= 4 is 23.9 Å². The van der Waals surface area contributed by atoms with Gasteiger partial charge in [0.2, 0.25) is 0 Å². The highest BCUT2D eigenvalue weighted by atomic mass is 16.8.